The summed E-state index contributed by atoms with van der Waals surface area (Å²) in [5, 5.41) is 5.64. The summed E-state index contributed by atoms with van der Waals surface area (Å²) < 4.78 is 0. The molecule has 3 rings (SSSR count). The second kappa shape index (κ2) is 5.12. The van der Waals surface area contributed by atoms with Crippen LogP contribution in [0.15, 0.2) is 55.2 Å². The van der Waals surface area contributed by atoms with Crippen molar-refractivity contribution in [3.63, 3.8) is 0 Å². The average Bonchev–Trinajstić information content (AvgIpc) is 2.49. The van der Waals surface area contributed by atoms with Gasteiger partial charge in [0.1, 0.15) is 6.33 Å². The topological polar surface area (TPSA) is 50.7 Å². The van der Waals surface area contributed by atoms with Crippen LogP contribution in [0.4, 0.5) is 0 Å². The predicted octanol–water partition coefficient (Wildman–Crippen LogP) is 2.33. The average molecular weight is 250 g/mol. The number of hydrogen-bond donors (Lipinski definition) is 1. The number of nitrogens with one attached hydrogen (secondary N) is 1. The fourth-order valence-electron chi connectivity index (χ4n) is 2.33. The van der Waals surface area contributed by atoms with E-state index < -0.39 is 0 Å². The summed E-state index contributed by atoms with van der Waals surface area (Å²) in [5.41, 5.74) is 2.16. The molecule has 1 unspecified atom stereocenters. The van der Waals surface area contributed by atoms with Crippen LogP contribution in [-0.2, 0) is 0 Å². The van der Waals surface area contributed by atoms with Crippen LogP contribution in [0.1, 0.15) is 17.3 Å². The van der Waals surface area contributed by atoms with E-state index in [4.69, 9.17) is 0 Å². The van der Waals surface area contributed by atoms with Crippen molar-refractivity contribution < 1.29 is 0 Å². The Labute approximate surface area is 111 Å². The molecule has 2 heterocycles. The maximum atomic E-state index is 4.34. The molecule has 0 aliphatic heterocycles. The molecular weight excluding hydrogens is 236 g/mol. The standard InChI is InChI=1S/C15H14N4/c1-16-15(14-6-8-18-10-19-14)13-4-2-3-11-9-17-7-5-12(11)13/h2-10,15-16H,1H3. The molecule has 0 bridgehead atoms. The molecule has 0 aliphatic rings. The van der Waals surface area contributed by atoms with Crippen molar-refractivity contribution in [1.29, 1.82) is 0 Å². The van der Waals surface area contributed by atoms with Gasteiger partial charge in [-0.1, -0.05) is 18.2 Å². The zero-order chi connectivity index (χ0) is 13.1. The molecule has 0 saturated carbocycles. The van der Waals surface area contributed by atoms with Crippen molar-refractivity contribution in [1.82, 2.24) is 20.3 Å². The van der Waals surface area contributed by atoms with E-state index in [9.17, 15) is 0 Å². The molecule has 94 valence electrons. The normalized spacial score (nSPS) is 12.5. The van der Waals surface area contributed by atoms with E-state index in [1.165, 1.54) is 10.9 Å². The second-order valence-corrected chi connectivity index (χ2v) is 4.30. The van der Waals surface area contributed by atoms with Crippen LogP contribution in [0.25, 0.3) is 10.8 Å². The number of fused-ring (bicyclic) bond motifs is 1. The maximum absolute atomic E-state index is 4.34. The first-order chi connectivity index (χ1) is 9.40. The van der Waals surface area contributed by atoms with E-state index in [1.807, 2.05) is 37.6 Å². The minimum absolute atomic E-state index is 0.0501. The molecule has 0 spiro atoms. The molecule has 0 fully saturated rings. The summed E-state index contributed by atoms with van der Waals surface area (Å²) in [6, 6.07) is 10.3. The van der Waals surface area contributed by atoms with E-state index in [0.29, 0.717) is 0 Å². The van der Waals surface area contributed by atoms with Crippen LogP contribution in [0.3, 0.4) is 0 Å². The molecule has 0 saturated heterocycles. The molecule has 0 aliphatic carbocycles. The zero-order valence-electron chi connectivity index (χ0n) is 10.6. The quantitative estimate of drug-likeness (QED) is 0.775. The largest absolute Gasteiger partial charge is 0.308 e. The van der Waals surface area contributed by atoms with E-state index in [-0.39, 0.29) is 6.04 Å². The fraction of sp³-hybridized carbons (Fsp3) is 0.133. The Morgan fingerprint density at radius 2 is 1.95 bits per heavy atom. The highest BCUT2D eigenvalue weighted by molar-refractivity contribution is 5.85. The molecule has 4 heteroatoms. The van der Waals surface area contributed by atoms with Crippen LogP contribution in [0, 0.1) is 0 Å². The lowest BCUT2D eigenvalue weighted by molar-refractivity contribution is 0.673. The SMILES string of the molecule is CNC(c1ccncn1)c1cccc2cnccc12. The van der Waals surface area contributed by atoms with Crippen LogP contribution < -0.4 is 5.32 Å². The number of nitrogens with zero attached hydrogens (tertiary/aromatic N) is 3. The lowest BCUT2D eigenvalue weighted by atomic mass is 9.98. The summed E-state index contributed by atoms with van der Waals surface area (Å²) in [4.78, 5) is 12.5. The Kier molecular flexibility index (Phi) is 3.16. The highest BCUT2D eigenvalue weighted by atomic mass is 14.9. The van der Waals surface area contributed by atoms with Crippen LogP contribution in [-0.4, -0.2) is 22.0 Å². The number of benzene rings is 1. The van der Waals surface area contributed by atoms with Crippen molar-refractivity contribution in [3.05, 3.63) is 66.5 Å². The molecule has 0 radical (unpaired) electrons. The zero-order valence-corrected chi connectivity index (χ0v) is 10.6. The van der Waals surface area contributed by atoms with Gasteiger partial charge in [-0.3, -0.25) is 4.98 Å². The van der Waals surface area contributed by atoms with Crippen LogP contribution in [0.5, 0.6) is 0 Å². The first kappa shape index (κ1) is 11.7. The third kappa shape index (κ3) is 2.18. The summed E-state index contributed by atoms with van der Waals surface area (Å²) >= 11 is 0. The second-order valence-electron chi connectivity index (χ2n) is 4.30. The monoisotopic (exact) mass is 250 g/mol. The van der Waals surface area contributed by atoms with Gasteiger partial charge < -0.3 is 5.32 Å². The van der Waals surface area contributed by atoms with Crippen molar-refractivity contribution >= 4 is 10.8 Å². The molecule has 1 atom stereocenters. The van der Waals surface area contributed by atoms with Crippen molar-refractivity contribution in [2.75, 3.05) is 7.05 Å². The van der Waals surface area contributed by atoms with Gasteiger partial charge in [-0.25, -0.2) is 9.97 Å². The molecule has 1 N–H and O–H groups in total. The van der Waals surface area contributed by atoms with Crippen LogP contribution in [0.2, 0.25) is 0 Å². The van der Waals surface area contributed by atoms with E-state index in [0.717, 1.165) is 11.1 Å². The van der Waals surface area contributed by atoms with Gasteiger partial charge in [0.25, 0.3) is 0 Å². The number of hydrogen-bond acceptors (Lipinski definition) is 4. The Balaban J connectivity index is 2.17. The fourth-order valence-corrected chi connectivity index (χ4v) is 2.33. The van der Waals surface area contributed by atoms with E-state index in [1.54, 1.807) is 12.5 Å². The number of pyridine rings is 1. The van der Waals surface area contributed by atoms with Gasteiger partial charge in [-0.15, -0.1) is 0 Å². The molecule has 1 aromatic carbocycles. The van der Waals surface area contributed by atoms with Gasteiger partial charge in [-0.2, -0.15) is 0 Å². The lowest BCUT2D eigenvalue weighted by Gasteiger charge is -2.17. The highest BCUT2D eigenvalue weighted by Crippen LogP contribution is 2.26. The smallest absolute Gasteiger partial charge is 0.115 e. The van der Waals surface area contributed by atoms with Crippen molar-refractivity contribution in [2.24, 2.45) is 0 Å². The molecule has 19 heavy (non-hydrogen) atoms. The van der Waals surface area contributed by atoms with E-state index >= 15 is 0 Å². The van der Waals surface area contributed by atoms with Gasteiger partial charge in [0.2, 0.25) is 0 Å². The minimum atomic E-state index is 0.0501. The Hall–Kier alpha value is -2.33. The first-order valence-electron chi connectivity index (χ1n) is 6.16. The summed E-state index contributed by atoms with van der Waals surface area (Å²) in [5.74, 6) is 0. The molecular formula is C15H14N4. The van der Waals surface area contributed by atoms with Gasteiger partial charge in [-0.05, 0) is 30.1 Å². The number of aromatic nitrogens is 3. The number of rotatable bonds is 3. The first-order valence-corrected chi connectivity index (χ1v) is 6.16. The summed E-state index contributed by atoms with van der Waals surface area (Å²) in [6.07, 6.45) is 7.04. The molecule has 2 aromatic heterocycles. The van der Waals surface area contributed by atoms with Gasteiger partial charge in [0.05, 0.1) is 11.7 Å². The van der Waals surface area contributed by atoms with Crippen LogP contribution >= 0.6 is 0 Å². The maximum Gasteiger partial charge on any atom is 0.115 e. The lowest BCUT2D eigenvalue weighted by Crippen LogP contribution is -2.19. The van der Waals surface area contributed by atoms with Crippen molar-refractivity contribution in [3.8, 4) is 0 Å². The van der Waals surface area contributed by atoms with Gasteiger partial charge in [0, 0.05) is 24.0 Å². The molecule has 4 nitrogen and oxygen atoms in total. The minimum Gasteiger partial charge on any atom is -0.308 e. The third-order valence-electron chi connectivity index (χ3n) is 3.21. The highest BCUT2D eigenvalue weighted by Gasteiger charge is 2.15. The Bertz CT molecular complexity index is 677. The van der Waals surface area contributed by atoms with Crippen molar-refractivity contribution in [2.45, 2.75) is 6.04 Å². The van der Waals surface area contributed by atoms with Gasteiger partial charge >= 0.3 is 0 Å². The van der Waals surface area contributed by atoms with E-state index in [2.05, 4.69) is 32.4 Å². The Morgan fingerprint density at radius 3 is 2.74 bits per heavy atom. The predicted molar refractivity (Wildman–Crippen MR) is 74.7 cm³/mol. The molecule has 0 amide bonds. The molecule has 3 aromatic rings. The summed E-state index contributed by atoms with van der Waals surface area (Å²) in [7, 11) is 1.94. The third-order valence-corrected chi connectivity index (χ3v) is 3.21. The van der Waals surface area contributed by atoms with Gasteiger partial charge in [0.15, 0.2) is 0 Å². The summed E-state index contributed by atoms with van der Waals surface area (Å²) in [6.45, 7) is 0. The Morgan fingerprint density at radius 1 is 1.05 bits per heavy atom.